The molecule has 0 spiro atoms. The summed E-state index contributed by atoms with van der Waals surface area (Å²) in [5.41, 5.74) is 7.15. The number of carbonyl (C=O) groups excluding carboxylic acids is 4. The van der Waals surface area contributed by atoms with E-state index >= 15 is 0 Å². The van der Waals surface area contributed by atoms with Crippen molar-refractivity contribution in [2.75, 3.05) is 0 Å². The second-order valence-corrected chi connectivity index (χ2v) is 14.3. The molecule has 0 saturated carbocycles. The average Bonchev–Trinajstić information content (AvgIpc) is 3.81. The molecule has 0 fully saturated rings. The largest absolute Gasteiger partial charge is 0.457 e. The van der Waals surface area contributed by atoms with E-state index in [4.69, 9.17) is 18.9 Å². The Morgan fingerprint density at radius 2 is 0.702 bits per heavy atom. The number of benzene rings is 8. The quantitative estimate of drug-likeness (QED) is 0.122. The first kappa shape index (κ1) is 32.6. The van der Waals surface area contributed by atoms with Gasteiger partial charge in [0.05, 0.1) is 27.7 Å². The SMILES string of the molecule is O=C1OC(=O)c2cc(Oc3ccc4cc(C5(c6ccc7cc(Oc8ccc9c(c8)C(=O)OC9=O)ccc7c6)c6ccccc6-c6ccccc65)ccc4c3)ccc21. The maximum Gasteiger partial charge on any atom is 0.347 e. The molecule has 8 aromatic rings. The van der Waals surface area contributed by atoms with Gasteiger partial charge < -0.3 is 18.9 Å². The number of cyclic esters (lactones) is 4. The molecule has 0 bridgehead atoms. The second-order valence-electron chi connectivity index (χ2n) is 14.3. The van der Waals surface area contributed by atoms with Gasteiger partial charge in [0.2, 0.25) is 0 Å². The van der Waals surface area contributed by atoms with Crippen LogP contribution < -0.4 is 9.47 Å². The Kier molecular flexibility index (Phi) is 6.90. The van der Waals surface area contributed by atoms with Crippen molar-refractivity contribution in [1.82, 2.24) is 0 Å². The molecule has 8 nitrogen and oxygen atoms in total. The van der Waals surface area contributed by atoms with Crippen molar-refractivity contribution in [3.8, 4) is 34.1 Å². The third-order valence-corrected chi connectivity index (χ3v) is 11.1. The monoisotopic (exact) mass is 742 g/mol. The van der Waals surface area contributed by atoms with E-state index in [0.717, 1.165) is 32.7 Å². The predicted octanol–water partition coefficient (Wildman–Crippen LogP) is 10.6. The molecule has 2 aliphatic heterocycles. The minimum atomic E-state index is -0.678. The molecular formula is C49H26O8. The molecule has 57 heavy (non-hydrogen) atoms. The maximum atomic E-state index is 12.1. The van der Waals surface area contributed by atoms with Crippen molar-refractivity contribution >= 4 is 45.4 Å². The van der Waals surface area contributed by atoms with E-state index in [-0.39, 0.29) is 22.3 Å². The van der Waals surface area contributed by atoms with Crippen molar-refractivity contribution in [2.24, 2.45) is 0 Å². The number of fused-ring (bicyclic) bond motifs is 7. The number of esters is 4. The van der Waals surface area contributed by atoms with Crippen LogP contribution in [-0.2, 0) is 14.9 Å². The number of hydrogen-bond donors (Lipinski definition) is 0. The molecule has 0 radical (unpaired) electrons. The summed E-state index contributed by atoms with van der Waals surface area (Å²) < 4.78 is 21.8. The first-order chi connectivity index (χ1) is 27.8. The second kappa shape index (κ2) is 12.1. The molecule has 0 saturated heterocycles. The number of ether oxygens (including phenoxy) is 4. The normalized spacial score (nSPS) is 14.5. The highest BCUT2D eigenvalue weighted by molar-refractivity contribution is 6.15. The summed E-state index contributed by atoms with van der Waals surface area (Å²) in [7, 11) is 0. The number of carbonyl (C=O) groups is 4. The molecular weight excluding hydrogens is 717 g/mol. The fourth-order valence-electron chi connectivity index (χ4n) is 8.59. The van der Waals surface area contributed by atoms with Crippen LogP contribution in [0.3, 0.4) is 0 Å². The molecule has 11 rings (SSSR count). The fourth-order valence-corrected chi connectivity index (χ4v) is 8.59. The van der Waals surface area contributed by atoms with E-state index in [1.807, 2.05) is 36.4 Å². The van der Waals surface area contributed by atoms with Crippen LogP contribution in [-0.4, -0.2) is 23.9 Å². The molecule has 0 aromatic heterocycles. The highest BCUT2D eigenvalue weighted by Gasteiger charge is 2.46. The topological polar surface area (TPSA) is 105 Å². The zero-order valence-electron chi connectivity index (χ0n) is 29.8. The summed E-state index contributed by atoms with van der Waals surface area (Å²) in [6, 6.07) is 51.5. The van der Waals surface area contributed by atoms with Crippen LogP contribution >= 0.6 is 0 Å². The highest BCUT2D eigenvalue weighted by atomic mass is 16.6. The first-order valence-electron chi connectivity index (χ1n) is 18.3. The van der Waals surface area contributed by atoms with Gasteiger partial charge in [-0.2, -0.15) is 0 Å². The Morgan fingerprint density at radius 1 is 0.333 bits per heavy atom. The lowest BCUT2D eigenvalue weighted by Gasteiger charge is -2.34. The zero-order chi connectivity index (χ0) is 38.4. The van der Waals surface area contributed by atoms with Gasteiger partial charge in [0.25, 0.3) is 0 Å². The molecule has 2 heterocycles. The molecule has 8 heteroatoms. The zero-order valence-corrected chi connectivity index (χ0v) is 29.8. The minimum absolute atomic E-state index is 0.192. The van der Waals surface area contributed by atoms with Crippen molar-refractivity contribution in [3.05, 3.63) is 202 Å². The van der Waals surface area contributed by atoms with Gasteiger partial charge in [-0.05, 0) is 128 Å². The smallest absolute Gasteiger partial charge is 0.347 e. The Bertz CT molecular complexity index is 2910. The first-order valence-corrected chi connectivity index (χ1v) is 18.3. The molecule has 270 valence electrons. The van der Waals surface area contributed by atoms with Gasteiger partial charge >= 0.3 is 23.9 Å². The van der Waals surface area contributed by atoms with Gasteiger partial charge in [0, 0.05) is 0 Å². The van der Waals surface area contributed by atoms with E-state index in [2.05, 4.69) is 84.9 Å². The van der Waals surface area contributed by atoms with Crippen molar-refractivity contribution in [1.29, 1.82) is 0 Å². The molecule has 3 aliphatic rings. The lowest BCUT2D eigenvalue weighted by atomic mass is 9.67. The van der Waals surface area contributed by atoms with E-state index in [0.29, 0.717) is 23.0 Å². The summed E-state index contributed by atoms with van der Waals surface area (Å²) in [6.45, 7) is 0. The predicted molar refractivity (Wildman–Crippen MR) is 211 cm³/mol. The van der Waals surface area contributed by atoms with Gasteiger partial charge in [-0.15, -0.1) is 0 Å². The van der Waals surface area contributed by atoms with Crippen LogP contribution in [0.25, 0.3) is 32.7 Å². The van der Waals surface area contributed by atoms with Gasteiger partial charge in [-0.1, -0.05) is 84.9 Å². The number of hydrogen-bond acceptors (Lipinski definition) is 8. The Balaban J connectivity index is 0.994. The van der Waals surface area contributed by atoms with Crippen LogP contribution in [0.4, 0.5) is 0 Å². The third-order valence-electron chi connectivity index (χ3n) is 11.1. The minimum Gasteiger partial charge on any atom is -0.457 e. The Labute approximate surface area is 324 Å². The highest BCUT2D eigenvalue weighted by Crippen LogP contribution is 2.56. The van der Waals surface area contributed by atoms with Crippen LogP contribution in [0, 0.1) is 0 Å². The van der Waals surface area contributed by atoms with E-state index < -0.39 is 29.3 Å². The third kappa shape index (κ3) is 4.94. The van der Waals surface area contributed by atoms with Gasteiger partial charge in [-0.25, -0.2) is 19.2 Å². The van der Waals surface area contributed by atoms with Gasteiger partial charge in [-0.3, -0.25) is 0 Å². The molecule has 8 aromatic carbocycles. The van der Waals surface area contributed by atoms with Crippen LogP contribution in [0.1, 0.15) is 63.7 Å². The van der Waals surface area contributed by atoms with Crippen LogP contribution in [0.15, 0.2) is 158 Å². The lowest BCUT2D eigenvalue weighted by Crippen LogP contribution is -2.28. The molecule has 0 unspecified atom stereocenters. The molecule has 0 amide bonds. The van der Waals surface area contributed by atoms with Crippen LogP contribution in [0.2, 0.25) is 0 Å². The Hall–Kier alpha value is -7.84. The summed E-state index contributed by atoms with van der Waals surface area (Å²) in [6.07, 6.45) is 0. The van der Waals surface area contributed by atoms with Gasteiger partial charge in [0.1, 0.15) is 23.0 Å². The standard InChI is InChI=1S/C49H26O8/c50-45-39-19-17-35(25-41(39)47(52)56-45)54-33-15-11-27-21-31(13-9-29(27)23-33)49(43-7-3-1-5-37(43)38-6-2-4-8-44(38)49)32-14-10-30-24-34(16-12-28(30)22-32)55-36-18-20-40-42(26-36)48(53)57-46(40)51/h1-26H. The maximum absolute atomic E-state index is 12.1. The molecule has 0 atom stereocenters. The summed E-state index contributed by atoms with van der Waals surface area (Å²) in [4.78, 5) is 48.1. The summed E-state index contributed by atoms with van der Waals surface area (Å²) in [5, 5.41) is 3.99. The summed E-state index contributed by atoms with van der Waals surface area (Å²) in [5.74, 6) is -0.629. The van der Waals surface area contributed by atoms with Crippen molar-refractivity contribution < 1.29 is 38.1 Å². The fraction of sp³-hybridized carbons (Fsp3) is 0.0204. The van der Waals surface area contributed by atoms with E-state index in [1.54, 1.807) is 24.3 Å². The van der Waals surface area contributed by atoms with E-state index in [9.17, 15) is 19.2 Å². The van der Waals surface area contributed by atoms with Crippen LogP contribution in [0.5, 0.6) is 23.0 Å². The average molecular weight is 743 g/mol. The molecule has 0 N–H and O–H groups in total. The van der Waals surface area contributed by atoms with Crippen molar-refractivity contribution in [2.45, 2.75) is 5.41 Å². The van der Waals surface area contributed by atoms with Crippen molar-refractivity contribution in [3.63, 3.8) is 0 Å². The molecule has 1 aliphatic carbocycles. The lowest BCUT2D eigenvalue weighted by molar-refractivity contribution is 0.0425. The number of rotatable bonds is 6. The Morgan fingerprint density at radius 3 is 1.18 bits per heavy atom. The van der Waals surface area contributed by atoms with Gasteiger partial charge in [0.15, 0.2) is 0 Å². The van der Waals surface area contributed by atoms with E-state index in [1.165, 1.54) is 34.4 Å². The summed E-state index contributed by atoms with van der Waals surface area (Å²) >= 11 is 0.